The predicted octanol–water partition coefficient (Wildman–Crippen LogP) is 4.71. The van der Waals surface area contributed by atoms with E-state index >= 15 is 0 Å². The number of amides is 2. The number of rotatable bonds is 7. The number of hydrogen-bond acceptors (Lipinski definition) is 2. The molecule has 2 aromatic carbocycles. The molecule has 1 atom stereocenters. The van der Waals surface area contributed by atoms with Crippen LogP contribution in [0.3, 0.4) is 0 Å². The average molecular weight is 421 g/mol. The number of halogens is 2. The van der Waals surface area contributed by atoms with Crippen molar-refractivity contribution in [1.82, 2.24) is 10.2 Å². The van der Waals surface area contributed by atoms with Crippen LogP contribution in [0.1, 0.15) is 35.6 Å². The molecule has 0 aromatic heterocycles. The summed E-state index contributed by atoms with van der Waals surface area (Å²) in [7, 11) is 1.57. The Balaban J connectivity index is 2.40. The zero-order chi connectivity index (χ0) is 20.8. The zero-order valence-corrected chi connectivity index (χ0v) is 18.2. The minimum Gasteiger partial charge on any atom is -0.357 e. The van der Waals surface area contributed by atoms with Crippen molar-refractivity contribution in [2.45, 2.75) is 46.2 Å². The lowest BCUT2D eigenvalue weighted by Crippen LogP contribution is -2.48. The van der Waals surface area contributed by atoms with E-state index in [1.54, 1.807) is 30.1 Å². The van der Waals surface area contributed by atoms with Gasteiger partial charge in [-0.1, -0.05) is 60.0 Å². The van der Waals surface area contributed by atoms with Gasteiger partial charge in [0.25, 0.3) is 0 Å². The lowest BCUT2D eigenvalue weighted by Gasteiger charge is -2.31. The third-order valence-electron chi connectivity index (χ3n) is 4.87. The number of hydrogen-bond donors (Lipinski definition) is 1. The van der Waals surface area contributed by atoms with E-state index in [9.17, 15) is 9.59 Å². The number of nitrogens with zero attached hydrogens (tertiary/aromatic N) is 1. The van der Waals surface area contributed by atoms with Gasteiger partial charge in [0, 0.05) is 29.2 Å². The summed E-state index contributed by atoms with van der Waals surface area (Å²) in [6, 6.07) is 10.7. The van der Waals surface area contributed by atoms with Gasteiger partial charge < -0.3 is 10.2 Å². The van der Waals surface area contributed by atoms with Crippen LogP contribution in [0.2, 0.25) is 10.0 Å². The first-order chi connectivity index (χ1) is 13.3. The molecule has 2 amide bonds. The van der Waals surface area contributed by atoms with Crippen LogP contribution in [0.5, 0.6) is 0 Å². The Bertz CT molecular complexity index is 847. The smallest absolute Gasteiger partial charge is 0.242 e. The third-order valence-corrected chi connectivity index (χ3v) is 5.58. The van der Waals surface area contributed by atoms with E-state index in [1.165, 1.54) is 0 Å². The molecule has 4 nitrogen and oxygen atoms in total. The van der Waals surface area contributed by atoms with E-state index in [2.05, 4.69) is 5.32 Å². The van der Waals surface area contributed by atoms with Crippen LogP contribution in [-0.4, -0.2) is 29.8 Å². The van der Waals surface area contributed by atoms with Gasteiger partial charge >= 0.3 is 0 Å². The molecule has 2 aromatic rings. The summed E-state index contributed by atoms with van der Waals surface area (Å²) in [5, 5.41) is 3.60. The Morgan fingerprint density at radius 2 is 1.75 bits per heavy atom. The van der Waals surface area contributed by atoms with Crippen LogP contribution >= 0.6 is 23.2 Å². The molecule has 0 saturated heterocycles. The minimum atomic E-state index is -0.602. The van der Waals surface area contributed by atoms with Gasteiger partial charge in [-0.15, -0.1) is 0 Å². The summed E-state index contributed by atoms with van der Waals surface area (Å²) in [5.74, 6) is -0.347. The molecule has 0 aliphatic heterocycles. The third kappa shape index (κ3) is 5.27. The second kappa shape index (κ2) is 9.94. The van der Waals surface area contributed by atoms with Gasteiger partial charge in [0.1, 0.15) is 6.04 Å². The van der Waals surface area contributed by atoms with Gasteiger partial charge in [-0.25, -0.2) is 0 Å². The first-order valence-corrected chi connectivity index (χ1v) is 10.0. The Hall–Kier alpha value is -2.04. The molecule has 6 heteroatoms. The first kappa shape index (κ1) is 22.3. The van der Waals surface area contributed by atoms with Crippen LogP contribution in [0.25, 0.3) is 0 Å². The molecule has 2 rings (SSSR count). The number of aryl methyl sites for hydroxylation is 2. The van der Waals surface area contributed by atoms with Gasteiger partial charge in [0.05, 0.1) is 6.42 Å². The van der Waals surface area contributed by atoms with Gasteiger partial charge in [-0.2, -0.15) is 0 Å². The molecule has 1 unspecified atom stereocenters. The normalized spacial score (nSPS) is 11.8. The van der Waals surface area contributed by atoms with Crippen molar-refractivity contribution >= 4 is 35.0 Å². The van der Waals surface area contributed by atoms with Gasteiger partial charge in [-0.3, -0.25) is 9.59 Å². The molecule has 0 aliphatic carbocycles. The number of likely N-dealkylation sites (N-methyl/N-ethyl adjacent to an activating group) is 1. The number of carbonyl (C=O) groups is 2. The summed E-state index contributed by atoms with van der Waals surface area (Å²) < 4.78 is 0. The fourth-order valence-electron chi connectivity index (χ4n) is 3.20. The number of carbonyl (C=O) groups excluding carboxylic acids is 2. The first-order valence-electron chi connectivity index (χ1n) is 9.28. The van der Waals surface area contributed by atoms with E-state index in [4.69, 9.17) is 23.2 Å². The van der Waals surface area contributed by atoms with Crippen molar-refractivity contribution in [3.63, 3.8) is 0 Å². The Kier molecular flexibility index (Phi) is 7.90. The van der Waals surface area contributed by atoms with Crippen molar-refractivity contribution in [1.29, 1.82) is 0 Å². The minimum absolute atomic E-state index is 0.139. The quantitative estimate of drug-likeness (QED) is 0.704. The number of nitrogens with one attached hydrogen (secondary N) is 1. The molecular formula is C22H26Cl2N2O2. The van der Waals surface area contributed by atoms with Crippen LogP contribution in [0.4, 0.5) is 0 Å². The van der Waals surface area contributed by atoms with E-state index < -0.39 is 6.04 Å². The Labute approximate surface area is 176 Å². The molecule has 150 valence electrons. The topological polar surface area (TPSA) is 49.4 Å². The van der Waals surface area contributed by atoms with Gasteiger partial charge in [0.15, 0.2) is 0 Å². The Morgan fingerprint density at radius 3 is 2.32 bits per heavy atom. The maximum Gasteiger partial charge on any atom is 0.242 e. The van der Waals surface area contributed by atoms with E-state index in [0.29, 0.717) is 22.0 Å². The van der Waals surface area contributed by atoms with E-state index in [0.717, 1.165) is 16.7 Å². The molecule has 1 N–H and O–H groups in total. The predicted molar refractivity (Wildman–Crippen MR) is 115 cm³/mol. The highest BCUT2D eigenvalue weighted by molar-refractivity contribution is 6.36. The molecular weight excluding hydrogens is 395 g/mol. The molecule has 0 fully saturated rings. The maximum atomic E-state index is 13.3. The highest BCUT2D eigenvalue weighted by Gasteiger charge is 2.29. The van der Waals surface area contributed by atoms with Gasteiger partial charge in [0.2, 0.25) is 11.8 Å². The summed E-state index contributed by atoms with van der Waals surface area (Å²) in [4.78, 5) is 27.3. The van der Waals surface area contributed by atoms with Crippen molar-refractivity contribution in [3.05, 3.63) is 68.7 Å². The van der Waals surface area contributed by atoms with Crippen LogP contribution in [0, 0.1) is 13.8 Å². The lowest BCUT2D eigenvalue weighted by atomic mass is 10.0. The zero-order valence-electron chi connectivity index (χ0n) is 16.7. The molecule has 0 saturated carbocycles. The monoisotopic (exact) mass is 420 g/mol. The van der Waals surface area contributed by atoms with Crippen LogP contribution in [-0.2, 0) is 22.6 Å². The average Bonchev–Trinajstić information content (AvgIpc) is 2.66. The molecule has 0 aliphatic rings. The SMILES string of the molecule is CCC(C(=O)NC)N(Cc1c(Cl)cccc1Cl)C(=O)Cc1cc(C)ccc1C. The molecule has 0 radical (unpaired) electrons. The molecule has 0 spiro atoms. The highest BCUT2D eigenvalue weighted by atomic mass is 35.5. The van der Waals surface area contributed by atoms with Crippen molar-refractivity contribution in [3.8, 4) is 0 Å². The largest absolute Gasteiger partial charge is 0.357 e. The van der Waals surface area contributed by atoms with Gasteiger partial charge in [-0.05, 0) is 43.5 Å². The lowest BCUT2D eigenvalue weighted by molar-refractivity contribution is -0.140. The maximum absolute atomic E-state index is 13.3. The second-order valence-electron chi connectivity index (χ2n) is 6.87. The van der Waals surface area contributed by atoms with Crippen molar-refractivity contribution in [2.24, 2.45) is 0 Å². The standard InChI is InChI=1S/C22H26Cl2N2O2/c1-5-20(22(28)25-4)26(13-17-18(23)7-6-8-19(17)24)21(27)12-16-11-14(2)9-10-15(16)3/h6-11,20H,5,12-13H2,1-4H3,(H,25,28). The Morgan fingerprint density at radius 1 is 1.11 bits per heavy atom. The molecule has 0 heterocycles. The van der Waals surface area contributed by atoms with E-state index in [-0.39, 0.29) is 24.8 Å². The fraction of sp³-hybridized carbons (Fsp3) is 0.364. The molecule has 0 bridgehead atoms. The summed E-state index contributed by atoms with van der Waals surface area (Å²) in [6.45, 7) is 6.03. The van der Waals surface area contributed by atoms with Crippen molar-refractivity contribution < 1.29 is 9.59 Å². The van der Waals surface area contributed by atoms with Crippen LogP contribution < -0.4 is 5.32 Å². The second-order valence-corrected chi connectivity index (χ2v) is 7.68. The van der Waals surface area contributed by atoms with Crippen molar-refractivity contribution in [2.75, 3.05) is 7.05 Å². The summed E-state index contributed by atoms with van der Waals surface area (Å²) in [5.41, 5.74) is 3.73. The summed E-state index contributed by atoms with van der Waals surface area (Å²) in [6.07, 6.45) is 0.698. The van der Waals surface area contributed by atoms with E-state index in [1.807, 2.05) is 39.0 Å². The fourth-order valence-corrected chi connectivity index (χ4v) is 3.71. The highest BCUT2D eigenvalue weighted by Crippen LogP contribution is 2.27. The summed E-state index contributed by atoms with van der Waals surface area (Å²) >= 11 is 12.6. The molecule has 28 heavy (non-hydrogen) atoms. The van der Waals surface area contributed by atoms with Crippen LogP contribution in [0.15, 0.2) is 36.4 Å². The number of benzene rings is 2.